The number of nitrogens with zero attached hydrogens (tertiary/aromatic N) is 3. The van der Waals surface area contributed by atoms with Crippen molar-refractivity contribution < 1.29 is 9.57 Å². The van der Waals surface area contributed by atoms with Crippen LogP contribution in [0.3, 0.4) is 0 Å². The number of hydrogen-bond acceptors (Lipinski definition) is 5. The smallest absolute Gasteiger partial charge is 0.180 e. The van der Waals surface area contributed by atoms with E-state index in [-0.39, 0.29) is 11.6 Å². The summed E-state index contributed by atoms with van der Waals surface area (Å²) in [6, 6.07) is 9.41. The van der Waals surface area contributed by atoms with E-state index >= 15 is 0 Å². The molecular weight excluding hydrogens is 400 g/mol. The minimum atomic E-state index is -0.120. The summed E-state index contributed by atoms with van der Waals surface area (Å²) in [5, 5.41) is 1.41. The second-order valence-electron chi connectivity index (χ2n) is 10.2. The molecule has 0 aliphatic carbocycles. The molecule has 1 N–H and O–H groups in total. The molecule has 6 nitrogen and oxygen atoms in total. The van der Waals surface area contributed by atoms with E-state index in [1.807, 2.05) is 0 Å². The number of aromatic nitrogens is 1. The number of fused-ring (bicyclic) bond motifs is 3. The summed E-state index contributed by atoms with van der Waals surface area (Å²) in [4.78, 5) is 13.9. The van der Waals surface area contributed by atoms with Crippen LogP contribution in [0.5, 0.6) is 0 Å². The summed E-state index contributed by atoms with van der Waals surface area (Å²) in [5.41, 5.74) is 8.98. The van der Waals surface area contributed by atoms with E-state index in [4.69, 9.17) is 14.6 Å². The van der Waals surface area contributed by atoms with Gasteiger partial charge in [0.15, 0.2) is 12.1 Å². The Hall–Kier alpha value is -2.15. The van der Waals surface area contributed by atoms with Crippen molar-refractivity contribution >= 4 is 22.4 Å². The van der Waals surface area contributed by atoms with Crippen LogP contribution in [0, 0.1) is 11.3 Å². The van der Waals surface area contributed by atoms with Crippen LogP contribution in [0.1, 0.15) is 56.3 Å². The van der Waals surface area contributed by atoms with Gasteiger partial charge in [-0.25, -0.2) is 15.3 Å². The zero-order valence-corrected chi connectivity index (χ0v) is 18.8. The van der Waals surface area contributed by atoms with Crippen LogP contribution < -0.4 is 5.48 Å². The van der Waals surface area contributed by atoms with Gasteiger partial charge in [-0.2, -0.15) is 0 Å². The topological polar surface area (TPSA) is 51.0 Å². The molecule has 3 atom stereocenters. The van der Waals surface area contributed by atoms with Crippen molar-refractivity contribution in [3.8, 4) is 0 Å². The van der Waals surface area contributed by atoms with E-state index in [0.29, 0.717) is 12.0 Å². The minimum Gasteiger partial charge on any atom is -0.381 e. The molecule has 5 aliphatic heterocycles. The third-order valence-electron chi connectivity index (χ3n) is 8.69. The molecule has 1 aromatic carbocycles. The van der Waals surface area contributed by atoms with Crippen molar-refractivity contribution in [3.63, 3.8) is 0 Å². The van der Waals surface area contributed by atoms with E-state index < -0.39 is 0 Å². The van der Waals surface area contributed by atoms with Crippen molar-refractivity contribution in [1.82, 2.24) is 14.9 Å². The lowest BCUT2D eigenvalue weighted by atomic mass is 9.66. The zero-order chi connectivity index (χ0) is 21.3. The van der Waals surface area contributed by atoms with Gasteiger partial charge in [-0.15, -0.1) is 0 Å². The largest absolute Gasteiger partial charge is 0.381 e. The number of rotatable bonds is 3. The van der Waals surface area contributed by atoms with Crippen molar-refractivity contribution in [2.75, 3.05) is 26.3 Å². The fourth-order valence-corrected chi connectivity index (χ4v) is 7.07. The van der Waals surface area contributed by atoms with Crippen LogP contribution in [0.25, 0.3) is 16.6 Å². The maximum atomic E-state index is 6.06. The van der Waals surface area contributed by atoms with E-state index in [9.17, 15) is 0 Å². The number of ether oxygens (including phenoxy) is 1. The van der Waals surface area contributed by atoms with E-state index in [1.165, 1.54) is 48.2 Å². The number of aliphatic imine (C=N–C) groups is 1. The standard InChI is InChI=1S/C26H32N4O2/c1-2-26-11-5-12-29-13-8-19-18-6-3-4-7-20(18)30(22(19)23(26)29)21(16-26)24-27-25(32-28-24)17-9-14-31-15-10-17/h3-4,6-7,16-17,23,25H,2,5,8-15H2,1H3,(H,27,28)/t23-,25?,26+/m1/s1. The quantitative estimate of drug-likeness (QED) is 0.787. The fourth-order valence-electron chi connectivity index (χ4n) is 7.07. The van der Waals surface area contributed by atoms with Gasteiger partial charge in [-0.1, -0.05) is 25.1 Å². The zero-order valence-electron chi connectivity index (χ0n) is 18.8. The first-order chi connectivity index (χ1) is 15.8. The number of nitrogens with one attached hydrogen (secondary N) is 1. The van der Waals surface area contributed by atoms with Gasteiger partial charge < -0.3 is 9.30 Å². The van der Waals surface area contributed by atoms with Crippen LogP contribution in [0.2, 0.25) is 0 Å². The average molecular weight is 433 g/mol. The molecule has 5 aliphatic rings. The lowest BCUT2D eigenvalue weighted by Gasteiger charge is -2.53. The molecule has 2 fully saturated rings. The van der Waals surface area contributed by atoms with Crippen LogP contribution in [-0.2, 0) is 16.0 Å². The van der Waals surface area contributed by atoms with Crippen molar-refractivity contribution in [1.29, 1.82) is 0 Å². The highest BCUT2D eigenvalue weighted by molar-refractivity contribution is 6.19. The third kappa shape index (κ3) is 2.60. The van der Waals surface area contributed by atoms with Crippen LogP contribution >= 0.6 is 0 Å². The van der Waals surface area contributed by atoms with E-state index in [2.05, 4.69) is 52.2 Å². The molecule has 6 heteroatoms. The van der Waals surface area contributed by atoms with Crippen molar-refractivity contribution in [2.45, 2.75) is 57.7 Å². The van der Waals surface area contributed by atoms with Crippen LogP contribution in [0.15, 0.2) is 35.3 Å². The molecule has 1 aromatic heterocycles. The van der Waals surface area contributed by atoms with Gasteiger partial charge in [0.1, 0.15) is 0 Å². The van der Waals surface area contributed by atoms with E-state index in [1.54, 1.807) is 5.56 Å². The van der Waals surface area contributed by atoms with Gasteiger partial charge in [-0.05, 0) is 62.8 Å². The van der Waals surface area contributed by atoms with Crippen molar-refractivity contribution in [2.24, 2.45) is 16.3 Å². The maximum Gasteiger partial charge on any atom is 0.180 e. The molecule has 0 bridgehead atoms. The second kappa shape index (κ2) is 7.17. The predicted octanol–water partition coefficient (Wildman–Crippen LogP) is 4.27. The Bertz CT molecular complexity index is 1130. The first-order valence-electron chi connectivity index (χ1n) is 12.5. The van der Waals surface area contributed by atoms with Gasteiger partial charge in [0, 0.05) is 42.2 Å². The summed E-state index contributed by atoms with van der Waals surface area (Å²) < 4.78 is 8.07. The summed E-state index contributed by atoms with van der Waals surface area (Å²) in [5.74, 6) is 1.32. The number of amidine groups is 1. The van der Waals surface area contributed by atoms with Gasteiger partial charge in [0.05, 0.1) is 17.3 Å². The number of hydroxylamine groups is 1. The number of piperidine rings is 1. The minimum absolute atomic E-state index is 0.120. The lowest BCUT2D eigenvalue weighted by molar-refractivity contribution is -0.0391. The molecule has 0 spiro atoms. The molecule has 0 amide bonds. The first-order valence-corrected chi connectivity index (χ1v) is 12.5. The monoisotopic (exact) mass is 432 g/mol. The van der Waals surface area contributed by atoms with Gasteiger partial charge in [0.2, 0.25) is 0 Å². The number of benzene rings is 1. The molecule has 32 heavy (non-hydrogen) atoms. The average Bonchev–Trinajstić information content (AvgIpc) is 3.47. The Balaban J connectivity index is 1.42. The molecular formula is C26H32N4O2. The highest BCUT2D eigenvalue weighted by atomic mass is 16.7. The molecule has 2 saturated heterocycles. The summed E-state index contributed by atoms with van der Waals surface area (Å²) >= 11 is 0. The molecule has 6 heterocycles. The number of para-hydroxylation sites is 1. The highest BCUT2D eigenvalue weighted by Crippen LogP contribution is 2.57. The molecule has 2 aromatic rings. The molecule has 0 saturated carbocycles. The highest BCUT2D eigenvalue weighted by Gasteiger charge is 2.51. The Labute approximate surface area is 189 Å². The third-order valence-corrected chi connectivity index (χ3v) is 8.69. The summed E-state index contributed by atoms with van der Waals surface area (Å²) in [6.45, 7) is 6.37. The SMILES string of the molecule is CC[C@@]12C=C(C3=NC(C4CCOCC4)ON3)n3c4c(c5ccccc53)CCN(CCC1)[C@H]42. The van der Waals surface area contributed by atoms with Crippen LogP contribution in [-0.4, -0.2) is 47.8 Å². The van der Waals surface area contributed by atoms with Gasteiger partial charge in [-0.3, -0.25) is 4.90 Å². The van der Waals surface area contributed by atoms with Gasteiger partial charge in [0.25, 0.3) is 0 Å². The normalized spacial score (nSPS) is 32.4. The Morgan fingerprint density at radius 1 is 1.19 bits per heavy atom. The molecule has 168 valence electrons. The van der Waals surface area contributed by atoms with Crippen molar-refractivity contribution in [3.05, 3.63) is 41.6 Å². The first kappa shape index (κ1) is 19.3. The predicted molar refractivity (Wildman–Crippen MR) is 125 cm³/mol. The number of hydrogen-bond donors (Lipinski definition) is 1. The second-order valence-corrected chi connectivity index (χ2v) is 10.2. The van der Waals surface area contributed by atoms with E-state index in [0.717, 1.165) is 44.7 Å². The summed E-state index contributed by atoms with van der Waals surface area (Å²) in [7, 11) is 0. The Kier molecular flexibility index (Phi) is 4.33. The molecule has 7 rings (SSSR count). The summed E-state index contributed by atoms with van der Waals surface area (Å²) in [6.07, 6.45) is 9.26. The lowest BCUT2D eigenvalue weighted by Crippen LogP contribution is -2.51. The fraction of sp³-hybridized carbons (Fsp3) is 0.577. The Morgan fingerprint density at radius 3 is 2.94 bits per heavy atom. The molecule has 1 unspecified atom stereocenters. The Morgan fingerprint density at radius 2 is 2.06 bits per heavy atom. The maximum absolute atomic E-state index is 6.06. The molecule has 0 radical (unpaired) electrons. The van der Waals surface area contributed by atoms with Gasteiger partial charge >= 0.3 is 0 Å². The van der Waals surface area contributed by atoms with Crippen LogP contribution in [0.4, 0.5) is 0 Å².